The molecule has 0 radical (unpaired) electrons. The Morgan fingerprint density at radius 3 is 2.18 bits per heavy atom. The molecule has 2 nitrogen and oxygen atoms in total. The standard InChI is InChI=1S/C24H36F2O2/c1-2-3-4-5-6-7-8-9-19-10-12-20(13-11-19)21-14-16-22(17-15-21)24(27)28-18-23(25)26/h10-13,21-23H,2-9,14-18H2,1H3/t21-,22-. The Morgan fingerprint density at radius 2 is 1.57 bits per heavy atom. The second kappa shape index (κ2) is 12.9. The molecule has 0 spiro atoms. The summed E-state index contributed by atoms with van der Waals surface area (Å²) in [5.74, 6) is -0.206. The van der Waals surface area contributed by atoms with Crippen molar-refractivity contribution in [1.82, 2.24) is 0 Å². The van der Waals surface area contributed by atoms with Crippen LogP contribution in [-0.4, -0.2) is 19.0 Å². The molecule has 158 valence electrons. The molecular formula is C24H36F2O2. The fraction of sp³-hybridized carbons (Fsp3) is 0.708. The third-order valence-corrected chi connectivity index (χ3v) is 5.93. The zero-order valence-electron chi connectivity index (χ0n) is 17.3. The molecule has 0 saturated heterocycles. The quantitative estimate of drug-likeness (QED) is 0.280. The van der Waals surface area contributed by atoms with E-state index in [1.54, 1.807) is 0 Å². The summed E-state index contributed by atoms with van der Waals surface area (Å²) >= 11 is 0. The lowest BCUT2D eigenvalue weighted by atomic mass is 9.78. The maximum Gasteiger partial charge on any atom is 0.309 e. The van der Waals surface area contributed by atoms with Crippen molar-refractivity contribution in [1.29, 1.82) is 0 Å². The molecule has 0 bridgehead atoms. The van der Waals surface area contributed by atoms with Crippen LogP contribution in [0.2, 0.25) is 0 Å². The predicted molar refractivity (Wildman–Crippen MR) is 110 cm³/mol. The molecule has 28 heavy (non-hydrogen) atoms. The number of aryl methyl sites for hydroxylation is 1. The van der Waals surface area contributed by atoms with E-state index in [4.69, 9.17) is 0 Å². The molecule has 2 rings (SSSR count). The van der Waals surface area contributed by atoms with Gasteiger partial charge in [0.15, 0.2) is 6.61 Å². The van der Waals surface area contributed by atoms with E-state index in [9.17, 15) is 13.6 Å². The summed E-state index contributed by atoms with van der Waals surface area (Å²) in [6, 6.07) is 8.96. The number of hydrogen-bond acceptors (Lipinski definition) is 2. The van der Waals surface area contributed by atoms with Gasteiger partial charge in [-0.25, -0.2) is 8.78 Å². The van der Waals surface area contributed by atoms with E-state index >= 15 is 0 Å². The molecule has 0 unspecified atom stereocenters. The first-order valence-electron chi connectivity index (χ1n) is 11.1. The van der Waals surface area contributed by atoms with Crippen molar-refractivity contribution in [2.75, 3.05) is 6.61 Å². The second-order valence-corrected chi connectivity index (χ2v) is 8.18. The smallest absolute Gasteiger partial charge is 0.309 e. The number of halogens is 2. The van der Waals surface area contributed by atoms with E-state index < -0.39 is 19.0 Å². The van der Waals surface area contributed by atoms with Crippen molar-refractivity contribution < 1.29 is 18.3 Å². The molecule has 0 amide bonds. The van der Waals surface area contributed by atoms with Crippen molar-refractivity contribution in [2.45, 2.75) is 96.3 Å². The number of benzene rings is 1. The Bertz CT molecular complexity index is 548. The van der Waals surface area contributed by atoms with Crippen molar-refractivity contribution in [3.8, 4) is 0 Å². The topological polar surface area (TPSA) is 26.3 Å². The van der Waals surface area contributed by atoms with Gasteiger partial charge in [-0.05, 0) is 55.6 Å². The van der Waals surface area contributed by atoms with Crippen LogP contribution in [0.4, 0.5) is 8.78 Å². The predicted octanol–water partition coefficient (Wildman–Crippen LogP) is 7.06. The van der Waals surface area contributed by atoms with Crippen LogP contribution in [0.15, 0.2) is 24.3 Å². The lowest BCUT2D eigenvalue weighted by Crippen LogP contribution is -2.24. The largest absolute Gasteiger partial charge is 0.459 e. The highest BCUT2D eigenvalue weighted by atomic mass is 19.3. The Labute approximate surface area is 169 Å². The molecule has 0 N–H and O–H groups in total. The SMILES string of the molecule is CCCCCCCCCc1ccc([C@H]2CC[C@H](C(=O)OCC(F)F)CC2)cc1. The van der Waals surface area contributed by atoms with Crippen LogP contribution in [0.25, 0.3) is 0 Å². The Kier molecular flexibility index (Phi) is 10.5. The molecule has 0 heterocycles. The molecule has 1 saturated carbocycles. The summed E-state index contributed by atoms with van der Waals surface area (Å²) in [4.78, 5) is 11.8. The minimum atomic E-state index is -2.58. The van der Waals surface area contributed by atoms with E-state index in [1.807, 2.05) is 0 Å². The number of ether oxygens (including phenoxy) is 1. The van der Waals surface area contributed by atoms with Gasteiger partial charge in [0.25, 0.3) is 6.43 Å². The van der Waals surface area contributed by atoms with Crippen LogP contribution in [0.5, 0.6) is 0 Å². The van der Waals surface area contributed by atoms with Crippen molar-refractivity contribution in [3.63, 3.8) is 0 Å². The van der Waals surface area contributed by atoms with Crippen LogP contribution in [0.3, 0.4) is 0 Å². The minimum absolute atomic E-state index is 0.216. The van der Waals surface area contributed by atoms with Gasteiger partial charge in [-0.3, -0.25) is 4.79 Å². The lowest BCUT2D eigenvalue weighted by molar-refractivity contribution is -0.153. The summed E-state index contributed by atoms with van der Waals surface area (Å²) in [6.07, 6.45) is 11.2. The number of rotatable bonds is 12. The fourth-order valence-electron chi connectivity index (χ4n) is 4.17. The number of carbonyl (C=O) groups is 1. The highest BCUT2D eigenvalue weighted by Crippen LogP contribution is 2.36. The van der Waals surface area contributed by atoms with Crippen LogP contribution in [0.1, 0.15) is 94.6 Å². The average molecular weight is 395 g/mol. The van der Waals surface area contributed by atoms with Gasteiger partial charge in [0.2, 0.25) is 0 Å². The zero-order chi connectivity index (χ0) is 20.2. The number of hydrogen-bond donors (Lipinski definition) is 0. The van der Waals surface area contributed by atoms with Gasteiger partial charge >= 0.3 is 5.97 Å². The maximum absolute atomic E-state index is 12.2. The highest BCUT2D eigenvalue weighted by Gasteiger charge is 2.28. The molecule has 1 aromatic carbocycles. The number of unbranched alkanes of at least 4 members (excludes halogenated alkanes) is 6. The molecule has 1 aliphatic carbocycles. The highest BCUT2D eigenvalue weighted by molar-refractivity contribution is 5.72. The van der Waals surface area contributed by atoms with Crippen LogP contribution in [-0.2, 0) is 16.0 Å². The summed E-state index contributed by atoms with van der Waals surface area (Å²) in [5, 5.41) is 0. The Hall–Kier alpha value is -1.45. The third kappa shape index (κ3) is 8.28. The van der Waals surface area contributed by atoms with E-state index in [-0.39, 0.29) is 5.92 Å². The fourth-order valence-corrected chi connectivity index (χ4v) is 4.17. The first-order valence-corrected chi connectivity index (χ1v) is 11.1. The molecule has 1 fully saturated rings. The molecule has 0 aromatic heterocycles. The van der Waals surface area contributed by atoms with Crippen molar-refractivity contribution in [3.05, 3.63) is 35.4 Å². The first-order chi connectivity index (χ1) is 13.6. The normalized spacial score (nSPS) is 19.7. The molecule has 4 heteroatoms. The Balaban J connectivity index is 1.66. The van der Waals surface area contributed by atoms with Crippen molar-refractivity contribution in [2.24, 2.45) is 5.92 Å². The third-order valence-electron chi connectivity index (χ3n) is 5.93. The van der Waals surface area contributed by atoms with Gasteiger partial charge in [0.1, 0.15) is 0 Å². The molecule has 1 aliphatic rings. The number of esters is 1. The first kappa shape index (κ1) is 22.8. The lowest BCUT2D eigenvalue weighted by Gasteiger charge is -2.27. The van der Waals surface area contributed by atoms with Gasteiger partial charge < -0.3 is 4.74 Å². The summed E-state index contributed by atoms with van der Waals surface area (Å²) in [7, 11) is 0. The van der Waals surface area contributed by atoms with Crippen LogP contribution in [0, 0.1) is 5.92 Å². The summed E-state index contributed by atoms with van der Waals surface area (Å²) in [5.41, 5.74) is 2.74. The van der Waals surface area contributed by atoms with E-state index in [0.29, 0.717) is 5.92 Å². The maximum atomic E-state index is 12.2. The summed E-state index contributed by atoms with van der Waals surface area (Å²) in [6.45, 7) is 1.47. The zero-order valence-corrected chi connectivity index (χ0v) is 17.3. The molecule has 0 aliphatic heterocycles. The molecule has 1 aromatic rings. The minimum Gasteiger partial charge on any atom is -0.459 e. The van der Waals surface area contributed by atoms with E-state index in [0.717, 1.165) is 32.1 Å². The Morgan fingerprint density at radius 1 is 0.964 bits per heavy atom. The number of alkyl halides is 2. The molecular weight excluding hydrogens is 358 g/mol. The van der Waals surface area contributed by atoms with Gasteiger partial charge in [0, 0.05) is 0 Å². The number of carbonyl (C=O) groups excluding carboxylic acids is 1. The van der Waals surface area contributed by atoms with E-state index in [2.05, 4.69) is 35.9 Å². The van der Waals surface area contributed by atoms with Gasteiger partial charge in [-0.15, -0.1) is 0 Å². The van der Waals surface area contributed by atoms with Gasteiger partial charge in [0.05, 0.1) is 5.92 Å². The second-order valence-electron chi connectivity index (χ2n) is 8.18. The van der Waals surface area contributed by atoms with Crippen molar-refractivity contribution >= 4 is 5.97 Å². The monoisotopic (exact) mass is 394 g/mol. The van der Waals surface area contributed by atoms with Crippen LogP contribution >= 0.6 is 0 Å². The van der Waals surface area contributed by atoms with E-state index in [1.165, 1.54) is 56.1 Å². The summed E-state index contributed by atoms with van der Waals surface area (Å²) < 4.78 is 29.0. The molecule has 0 atom stereocenters. The van der Waals surface area contributed by atoms with Gasteiger partial charge in [-0.1, -0.05) is 69.7 Å². The van der Waals surface area contributed by atoms with Crippen LogP contribution < -0.4 is 0 Å². The van der Waals surface area contributed by atoms with Gasteiger partial charge in [-0.2, -0.15) is 0 Å². The average Bonchev–Trinajstić information content (AvgIpc) is 2.72.